The lowest BCUT2D eigenvalue weighted by molar-refractivity contribution is 0.0943. The van der Waals surface area contributed by atoms with Gasteiger partial charge in [0.05, 0.1) is 6.10 Å². The van der Waals surface area contributed by atoms with Gasteiger partial charge in [-0.2, -0.15) is 0 Å². The number of hydrogen-bond donors (Lipinski definition) is 1. The van der Waals surface area contributed by atoms with Crippen molar-refractivity contribution >= 4 is 15.9 Å². The van der Waals surface area contributed by atoms with Crippen LogP contribution in [-0.4, -0.2) is 11.2 Å². The SMILES string of the molecule is CCC(c1cccc(Br)c1)C(O)C(C)C. The Kier molecular flexibility index (Phi) is 4.81. The van der Waals surface area contributed by atoms with E-state index in [-0.39, 0.29) is 12.0 Å². The van der Waals surface area contributed by atoms with Gasteiger partial charge in [-0.05, 0) is 30.0 Å². The van der Waals surface area contributed by atoms with Crippen molar-refractivity contribution in [3.05, 3.63) is 34.3 Å². The summed E-state index contributed by atoms with van der Waals surface area (Å²) in [5.41, 5.74) is 1.22. The van der Waals surface area contributed by atoms with Gasteiger partial charge in [-0.25, -0.2) is 0 Å². The second kappa shape index (κ2) is 5.66. The number of hydrogen-bond acceptors (Lipinski definition) is 1. The molecule has 2 heteroatoms. The molecular formula is C13H19BrO. The number of benzene rings is 1. The van der Waals surface area contributed by atoms with E-state index in [1.54, 1.807) is 0 Å². The molecule has 0 amide bonds. The van der Waals surface area contributed by atoms with Crippen LogP contribution in [0.5, 0.6) is 0 Å². The minimum atomic E-state index is -0.260. The Hall–Kier alpha value is -0.340. The van der Waals surface area contributed by atoms with Gasteiger partial charge in [-0.3, -0.25) is 0 Å². The van der Waals surface area contributed by atoms with E-state index in [2.05, 4.69) is 48.8 Å². The van der Waals surface area contributed by atoms with Crippen molar-refractivity contribution < 1.29 is 5.11 Å². The molecule has 0 saturated heterocycles. The fraction of sp³-hybridized carbons (Fsp3) is 0.538. The first kappa shape index (κ1) is 12.7. The summed E-state index contributed by atoms with van der Waals surface area (Å²) in [5, 5.41) is 10.1. The highest BCUT2D eigenvalue weighted by Crippen LogP contribution is 2.29. The highest BCUT2D eigenvalue weighted by atomic mass is 79.9. The second-order valence-electron chi connectivity index (χ2n) is 4.30. The molecule has 2 unspecified atom stereocenters. The summed E-state index contributed by atoms with van der Waals surface area (Å²) < 4.78 is 1.08. The zero-order valence-electron chi connectivity index (χ0n) is 9.57. The first-order valence-corrected chi connectivity index (χ1v) is 6.29. The van der Waals surface area contributed by atoms with Crippen LogP contribution < -0.4 is 0 Å². The summed E-state index contributed by atoms with van der Waals surface area (Å²) in [6.07, 6.45) is 0.708. The third-order valence-corrected chi connectivity index (χ3v) is 3.31. The molecule has 0 fully saturated rings. The molecule has 1 aromatic carbocycles. The van der Waals surface area contributed by atoms with Crippen molar-refractivity contribution in [2.75, 3.05) is 0 Å². The van der Waals surface area contributed by atoms with Crippen molar-refractivity contribution in [3.63, 3.8) is 0 Å². The highest BCUT2D eigenvalue weighted by molar-refractivity contribution is 9.10. The van der Waals surface area contributed by atoms with E-state index in [4.69, 9.17) is 0 Å². The van der Waals surface area contributed by atoms with Crippen LogP contribution in [0.15, 0.2) is 28.7 Å². The van der Waals surface area contributed by atoms with E-state index in [0.717, 1.165) is 10.9 Å². The fourth-order valence-electron chi connectivity index (χ4n) is 1.88. The van der Waals surface area contributed by atoms with E-state index < -0.39 is 0 Å². The van der Waals surface area contributed by atoms with Gasteiger partial charge in [0, 0.05) is 10.4 Å². The van der Waals surface area contributed by atoms with Crippen LogP contribution in [0.3, 0.4) is 0 Å². The Morgan fingerprint density at radius 2 is 2.00 bits per heavy atom. The van der Waals surface area contributed by atoms with Crippen LogP contribution in [0.2, 0.25) is 0 Å². The average Bonchev–Trinajstić information content (AvgIpc) is 2.18. The lowest BCUT2D eigenvalue weighted by atomic mass is 9.85. The molecular weight excluding hydrogens is 252 g/mol. The number of aliphatic hydroxyl groups is 1. The topological polar surface area (TPSA) is 20.2 Å². The predicted octanol–water partition coefficient (Wildman–Crippen LogP) is 3.96. The Morgan fingerprint density at radius 3 is 2.47 bits per heavy atom. The maximum absolute atomic E-state index is 10.1. The molecule has 1 nitrogen and oxygen atoms in total. The van der Waals surface area contributed by atoms with Gasteiger partial charge in [-0.15, -0.1) is 0 Å². The van der Waals surface area contributed by atoms with Gasteiger partial charge in [0.25, 0.3) is 0 Å². The van der Waals surface area contributed by atoms with Gasteiger partial charge in [0.15, 0.2) is 0 Å². The molecule has 15 heavy (non-hydrogen) atoms. The molecule has 0 aliphatic heterocycles. The highest BCUT2D eigenvalue weighted by Gasteiger charge is 2.22. The molecule has 0 aromatic heterocycles. The summed E-state index contributed by atoms with van der Waals surface area (Å²) >= 11 is 3.46. The first-order valence-electron chi connectivity index (χ1n) is 5.49. The standard InChI is InChI=1S/C13H19BrO/c1-4-12(13(15)9(2)3)10-6-5-7-11(14)8-10/h5-9,12-13,15H,4H2,1-3H3. The van der Waals surface area contributed by atoms with E-state index in [1.807, 2.05) is 12.1 Å². The predicted molar refractivity (Wildman–Crippen MR) is 68.0 cm³/mol. The van der Waals surface area contributed by atoms with Gasteiger partial charge in [0.2, 0.25) is 0 Å². The lowest BCUT2D eigenvalue weighted by Gasteiger charge is -2.25. The third kappa shape index (κ3) is 3.32. The van der Waals surface area contributed by atoms with E-state index in [1.165, 1.54) is 5.56 Å². The average molecular weight is 271 g/mol. The fourth-order valence-corrected chi connectivity index (χ4v) is 2.29. The Balaban J connectivity index is 2.92. The maximum atomic E-state index is 10.1. The normalized spacial score (nSPS) is 15.3. The molecule has 0 radical (unpaired) electrons. The smallest absolute Gasteiger partial charge is 0.0631 e. The van der Waals surface area contributed by atoms with Crippen molar-refractivity contribution in [2.45, 2.75) is 39.2 Å². The minimum Gasteiger partial charge on any atom is -0.392 e. The van der Waals surface area contributed by atoms with E-state index in [0.29, 0.717) is 5.92 Å². The first-order chi connectivity index (χ1) is 7.06. The minimum absolute atomic E-state index is 0.238. The molecule has 0 aliphatic carbocycles. The van der Waals surface area contributed by atoms with Crippen LogP contribution >= 0.6 is 15.9 Å². The number of rotatable bonds is 4. The van der Waals surface area contributed by atoms with Crippen molar-refractivity contribution in [3.8, 4) is 0 Å². The summed E-state index contributed by atoms with van der Waals surface area (Å²) in [4.78, 5) is 0. The second-order valence-corrected chi connectivity index (χ2v) is 5.22. The largest absolute Gasteiger partial charge is 0.392 e. The van der Waals surface area contributed by atoms with Gasteiger partial charge >= 0.3 is 0 Å². The lowest BCUT2D eigenvalue weighted by Crippen LogP contribution is -2.23. The Labute approximate surface area is 101 Å². The summed E-state index contributed by atoms with van der Waals surface area (Å²) in [6, 6.07) is 8.22. The molecule has 0 saturated carbocycles. The third-order valence-electron chi connectivity index (χ3n) is 2.81. The molecule has 1 aromatic rings. The van der Waals surface area contributed by atoms with E-state index >= 15 is 0 Å². The summed E-state index contributed by atoms with van der Waals surface area (Å²) in [7, 11) is 0. The van der Waals surface area contributed by atoms with Crippen LogP contribution in [0.1, 0.15) is 38.7 Å². The summed E-state index contributed by atoms with van der Waals surface area (Å²) in [5.74, 6) is 0.538. The van der Waals surface area contributed by atoms with Crippen molar-refractivity contribution in [2.24, 2.45) is 5.92 Å². The maximum Gasteiger partial charge on any atom is 0.0631 e. The summed E-state index contributed by atoms with van der Waals surface area (Å²) in [6.45, 7) is 6.24. The number of halogens is 1. The van der Waals surface area contributed by atoms with Crippen LogP contribution in [-0.2, 0) is 0 Å². The zero-order chi connectivity index (χ0) is 11.4. The van der Waals surface area contributed by atoms with Crippen molar-refractivity contribution in [1.82, 2.24) is 0 Å². The monoisotopic (exact) mass is 270 g/mol. The van der Waals surface area contributed by atoms with Crippen LogP contribution in [0, 0.1) is 5.92 Å². The molecule has 0 bridgehead atoms. The molecule has 0 spiro atoms. The quantitative estimate of drug-likeness (QED) is 0.878. The van der Waals surface area contributed by atoms with Crippen LogP contribution in [0.4, 0.5) is 0 Å². The van der Waals surface area contributed by atoms with Gasteiger partial charge in [0.1, 0.15) is 0 Å². The molecule has 1 rings (SSSR count). The molecule has 84 valence electrons. The number of aliphatic hydroxyl groups excluding tert-OH is 1. The van der Waals surface area contributed by atoms with Crippen LogP contribution in [0.25, 0.3) is 0 Å². The van der Waals surface area contributed by atoms with Gasteiger partial charge < -0.3 is 5.11 Å². The molecule has 2 atom stereocenters. The van der Waals surface area contributed by atoms with Gasteiger partial charge in [-0.1, -0.05) is 48.8 Å². The van der Waals surface area contributed by atoms with E-state index in [9.17, 15) is 5.11 Å². The molecule has 0 aliphatic rings. The van der Waals surface area contributed by atoms with Crippen molar-refractivity contribution in [1.29, 1.82) is 0 Å². The molecule has 0 heterocycles. The molecule has 1 N–H and O–H groups in total. The Morgan fingerprint density at radius 1 is 1.33 bits per heavy atom. The zero-order valence-corrected chi connectivity index (χ0v) is 11.2. The Bertz CT molecular complexity index is 309.